The summed E-state index contributed by atoms with van der Waals surface area (Å²) in [5.74, 6) is -2.69. The summed E-state index contributed by atoms with van der Waals surface area (Å²) in [6, 6.07) is 8.01. The maximum Gasteiger partial charge on any atom is 0.352 e. The topological polar surface area (TPSA) is 138 Å². The number of thioether (sulfide) groups is 1. The largest absolute Gasteiger partial charge is 0.477 e. The molecular weight excluding hydrogens is 608 g/mol. The van der Waals surface area contributed by atoms with Crippen molar-refractivity contribution >= 4 is 72.9 Å². The highest BCUT2D eigenvalue weighted by Gasteiger charge is 2.54. The van der Waals surface area contributed by atoms with Gasteiger partial charge in [-0.1, -0.05) is 30.3 Å². The average molecular weight is 632 g/mol. The Morgan fingerprint density at radius 1 is 1.21 bits per heavy atom. The molecule has 1 saturated heterocycles. The Bertz CT molecular complexity index is 1620. The van der Waals surface area contributed by atoms with Gasteiger partial charge in [-0.3, -0.25) is 24.1 Å². The minimum Gasteiger partial charge on any atom is -0.477 e. The zero-order valence-corrected chi connectivity index (χ0v) is 24.0. The van der Waals surface area contributed by atoms with Crippen LogP contribution in [0.4, 0.5) is 0 Å². The van der Waals surface area contributed by atoms with Gasteiger partial charge in [0.05, 0.1) is 9.17 Å². The summed E-state index contributed by atoms with van der Waals surface area (Å²) in [5, 5.41) is 14.8. The third-order valence-electron chi connectivity index (χ3n) is 6.63. The van der Waals surface area contributed by atoms with Crippen LogP contribution < -0.4 is 16.1 Å². The van der Waals surface area contributed by atoms with Crippen molar-refractivity contribution in [3.05, 3.63) is 79.0 Å². The third kappa shape index (κ3) is 4.79. The Morgan fingerprint density at radius 3 is 2.59 bits per heavy atom. The molecule has 1 aromatic carbocycles. The number of aromatic nitrogens is 1. The molecule has 202 valence electrons. The highest BCUT2D eigenvalue weighted by atomic mass is 79.9. The molecule has 0 saturated carbocycles. The lowest BCUT2D eigenvalue weighted by molar-refractivity contribution is -0.151. The monoisotopic (exact) mass is 630 g/mol. The Kier molecular flexibility index (Phi) is 7.40. The second kappa shape index (κ2) is 10.6. The van der Waals surface area contributed by atoms with E-state index < -0.39 is 46.6 Å². The number of pyridine rings is 1. The maximum absolute atomic E-state index is 13.5. The predicted octanol–water partition coefficient (Wildman–Crippen LogP) is 3.08. The zero-order valence-electron chi connectivity index (χ0n) is 20.8. The number of carboxylic acid groups (broad SMARTS) is 1. The highest BCUT2D eigenvalue weighted by molar-refractivity contribution is 9.11. The number of rotatable bonds is 7. The van der Waals surface area contributed by atoms with E-state index >= 15 is 0 Å². The van der Waals surface area contributed by atoms with Crippen LogP contribution in [0.3, 0.4) is 0 Å². The zero-order chi connectivity index (χ0) is 28.0. The van der Waals surface area contributed by atoms with E-state index in [9.17, 15) is 29.1 Å². The van der Waals surface area contributed by atoms with Crippen LogP contribution in [0.5, 0.6) is 0 Å². The summed E-state index contributed by atoms with van der Waals surface area (Å²) in [6.45, 7) is 4.08. The summed E-state index contributed by atoms with van der Waals surface area (Å²) in [6.07, 6.45) is 1.48. The van der Waals surface area contributed by atoms with Gasteiger partial charge in [0.25, 0.3) is 11.8 Å². The van der Waals surface area contributed by atoms with Gasteiger partial charge in [0.15, 0.2) is 0 Å². The first kappa shape index (κ1) is 27.2. The van der Waals surface area contributed by atoms with Crippen LogP contribution in [-0.4, -0.2) is 55.4 Å². The van der Waals surface area contributed by atoms with Crippen molar-refractivity contribution in [3.63, 3.8) is 0 Å². The minimum absolute atomic E-state index is 0.0650. The van der Waals surface area contributed by atoms with Crippen molar-refractivity contribution in [2.75, 3.05) is 5.75 Å². The van der Waals surface area contributed by atoms with E-state index in [0.717, 1.165) is 8.62 Å². The van der Waals surface area contributed by atoms with Gasteiger partial charge in [0.1, 0.15) is 33.5 Å². The fourth-order valence-corrected chi connectivity index (χ4v) is 7.61. The van der Waals surface area contributed by atoms with Crippen molar-refractivity contribution < 1.29 is 24.3 Å². The second-order valence-electron chi connectivity index (χ2n) is 9.07. The molecule has 2 aliphatic heterocycles. The molecule has 3 atom stereocenters. The summed E-state index contributed by atoms with van der Waals surface area (Å²) < 4.78 is 2.56. The molecule has 1 fully saturated rings. The molecule has 3 aromatic rings. The fraction of sp³-hybridized carbons (Fsp3) is 0.269. The van der Waals surface area contributed by atoms with Crippen molar-refractivity contribution in [2.45, 2.75) is 37.8 Å². The summed E-state index contributed by atoms with van der Waals surface area (Å²) in [7, 11) is 0. The first-order valence-corrected chi connectivity index (χ1v) is 14.6. The van der Waals surface area contributed by atoms with Gasteiger partial charge in [-0.15, -0.1) is 23.1 Å². The number of aliphatic carboxylic acids is 1. The van der Waals surface area contributed by atoms with Gasteiger partial charge >= 0.3 is 5.97 Å². The number of halogens is 1. The normalized spacial score (nSPS) is 19.4. The number of nitrogens with one attached hydrogen (secondary N) is 2. The third-order valence-corrected chi connectivity index (χ3v) is 9.73. The number of benzene rings is 1. The molecule has 1 unspecified atom stereocenters. The van der Waals surface area contributed by atoms with Gasteiger partial charge in [0.2, 0.25) is 11.3 Å². The number of carbonyl (C=O) groups excluding carboxylic acids is 3. The smallest absolute Gasteiger partial charge is 0.352 e. The summed E-state index contributed by atoms with van der Waals surface area (Å²) in [5.41, 5.74) is 0.408. The molecule has 2 aromatic heterocycles. The number of nitrogens with zero attached hydrogens (tertiary/aromatic N) is 2. The lowest BCUT2D eigenvalue weighted by Gasteiger charge is -2.49. The van der Waals surface area contributed by atoms with Crippen LogP contribution >= 0.6 is 39.0 Å². The summed E-state index contributed by atoms with van der Waals surface area (Å²) in [4.78, 5) is 66.7. The van der Waals surface area contributed by atoms with Crippen LogP contribution in [-0.2, 0) is 20.9 Å². The molecule has 4 heterocycles. The van der Waals surface area contributed by atoms with Gasteiger partial charge in [-0.2, -0.15) is 0 Å². The van der Waals surface area contributed by atoms with E-state index in [1.807, 2.05) is 6.92 Å². The lowest BCUT2D eigenvalue weighted by Crippen LogP contribution is -2.71. The molecule has 13 heteroatoms. The highest BCUT2D eigenvalue weighted by Crippen LogP contribution is 2.40. The molecule has 0 aliphatic carbocycles. The van der Waals surface area contributed by atoms with Crippen LogP contribution in [0.25, 0.3) is 10.2 Å². The molecule has 0 radical (unpaired) electrons. The number of carboxylic acids is 1. The SMILES string of the molecule is CCn1cc(C(=O)N[C@@H](C(=O)NC2C(=O)N3C(C(=O)O)=C(C)CS[C@H]23)c2ccccc2)c(=O)c2cc(Br)sc21. The van der Waals surface area contributed by atoms with Crippen LogP contribution in [0.15, 0.2) is 62.4 Å². The predicted molar refractivity (Wildman–Crippen MR) is 151 cm³/mol. The molecule has 3 amide bonds. The Balaban J connectivity index is 1.42. The summed E-state index contributed by atoms with van der Waals surface area (Å²) >= 11 is 6.14. The number of hydrogen-bond donors (Lipinski definition) is 3. The van der Waals surface area contributed by atoms with Crippen molar-refractivity contribution in [2.24, 2.45) is 0 Å². The molecule has 2 aliphatic rings. The molecule has 10 nitrogen and oxygen atoms in total. The first-order chi connectivity index (χ1) is 18.6. The lowest BCUT2D eigenvalue weighted by atomic mass is 10.0. The second-order valence-corrected chi connectivity index (χ2v) is 12.6. The van der Waals surface area contributed by atoms with Gasteiger partial charge in [-0.05, 0) is 47.0 Å². The van der Waals surface area contributed by atoms with Gasteiger partial charge in [0, 0.05) is 18.5 Å². The number of aryl methyl sites for hydroxylation is 1. The number of thiophene rings is 1. The number of hydrogen-bond acceptors (Lipinski definition) is 7. The quantitative estimate of drug-likeness (QED) is 0.341. The minimum atomic E-state index is -1.20. The standard InChI is InChI=1S/C26H23BrN4O6S2/c1-3-30-10-15(20(32)14-9-16(27)39-24(14)30)21(33)28-17(13-7-5-4-6-8-13)22(34)29-18-23(35)31-19(26(36)37)12(2)11-38-25(18)31/h4-10,17-18,25H,3,11H2,1-2H3,(H,28,33)(H,29,34)(H,36,37)/t17-,18?,25-/m1/s1. The van der Waals surface area contributed by atoms with E-state index in [2.05, 4.69) is 26.6 Å². The fourth-order valence-electron chi connectivity index (χ4n) is 4.71. The maximum atomic E-state index is 13.5. The number of fused-ring (bicyclic) bond motifs is 2. The first-order valence-electron chi connectivity index (χ1n) is 12.0. The van der Waals surface area contributed by atoms with Crippen LogP contribution in [0, 0.1) is 0 Å². The Morgan fingerprint density at radius 2 is 1.92 bits per heavy atom. The van der Waals surface area contributed by atoms with Crippen molar-refractivity contribution in [3.8, 4) is 0 Å². The molecule has 39 heavy (non-hydrogen) atoms. The van der Waals surface area contributed by atoms with E-state index in [0.29, 0.717) is 28.8 Å². The number of carbonyl (C=O) groups is 4. The van der Waals surface area contributed by atoms with E-state index in [-0.39, 0.29) is 11.3 Å². The van der Waals surface area contributed by atoms with Crippen LogP contribution in [0.2, 0.25) is 0 Å². The Hall–Kier alpha value is -3.42. The molecule has 5 rings (SSSR count). The van der Waals surface area contributed by atoms with Crippen LogP contribution in [0.1, 0.15) is 35.8 Å². The Labute approximate surface area is 239 Å². The molecular formula is C26H23BrN4O6S2. The van der Waals surface area contributed by atoms with E-state index in [1.54, 1.807) is 47.9 Å². The average Bonchev–Trinajstić information content (AvgIpc) is 3.32. The van der Waals surface area contributed by atoms with Gasteiger partial charge < -0.3 is 20.3 Å². The van der Waals surface area contributed by atoms with Crippen molar-refractivity contribution in [1.29, 1.82) is 0 Å². The van der Waals surface area contributed by atoms with E-state index in [4.69, 9.17) is 0 Å². The van der Waals surface area contributed by atoms with E-state index in [1.165, 1.54) is 34.2 Å². The molecule has 0 bridgehead atoms. The molecule has 0 spiro atoms. The number of β-lactam (4-membered cyclic amide) rings is 1. The molecule has 3 N–H and O–H groups in total. The van der Waals surface area contributed by atoms with Gasteiger partial charge in [-0.25, -0.2) is 4.79 Å². The number of amides is 3. The van der Waals surface area contributed by atoms with Crippen molar-refractivity contribution in [1.82, 2.24) is 20.1 Å².